The number of hydrogen-bond acceptors (Lipinski definition) is 4. The number of aliphatic imine (C=N–C) groups is 1. The molecule has 1 fully saturated rings. The van der Waals surface area contributed by atoms with Crippen LogP contribution in [0.25, 0.3) is 0 Å². The monoisotopic (exact) mass is 547 g/mol. The lowest BCUT2D eigenvalue weighted by Gasteiger charge is -2.21. The standard InChI is InChI=1S/C21H30ClN5S.HI/c1-4-23-21(24-9-7-19-14-28-16(3)26-19)25-12-17-8-10-27(13-17)20-11-18(22)6-5-15(20)2;/h5-6,11,14,17H,4,7-10,12-13H2,1-3H3,(H2,23,24,25);1H. The second-order valence-electron chi connectivity index (χ2n) is 7.29. The maximum Gasteiger partial charge on any atom is 0.191 e. The molecular weight excluding hydrogens is 517 g/mol. The molecule has 0 aliphatic carbocycles. The zero-order valence-electron chi connectivity index (χ0n) is 17.4. The molecule has 1 aliphatic rings. The minimum atomic E-state index is 0. The first kappa shape index (κ1) is 24.2. The van der Waals surface area contributed by atoms with Gasteiger partial charge in [0.2, 0.25) is 0 Å². The number of nitrogens with zero attached hydrogens (tertiary/aromatic N) is 3. The quantitative estimate of drug-likeness (QED) is 0.301. The summed E-state index contributed by atoms with van der Waals surface area (Å²) in [5.74, 6) is 1.46. The van der Waals surface area contributed by atoms with Gasteiger partial charge in [-0.05, 0) is 50.8 Å². The van der Waals surface area contributed by atoms with Crippen molar-refractivity contribution < 1.29 is 0 Å². The number of anilines is 1. The normalized spacial score (nSPS) is 16.6. The van der Waals surface area contributed by atoms with E-state index in [1.807, 2.05) is 13.0 Å². The first-order valence-corrected chi connectivity index (χ1v) is 11.2. The van der Waals surface area contributed by atoms with E-state index in [2.05, 4.69) is 51.9 Å². The summed E-state index contributed by atoms with van der Waals surface area (Å²) in [6.07, 6.45) is 2.08. The Morgan fingerprint density at radius 3 is 2.90 bits per heavy atom. The summed E-state index contributed by atoms with van der Waals surface area (Å²) in [6, 6.07) is 6.13. The zero-order valence-corrected chi connectivity index (χ0v) is 21.3. The highest BCUT2D eigenvalue weighted by molar-refractivity contribution is 14.0. The second-order valence-corrected chi connectivity index (χ2v) is 8.78. The fraction of sp³-hybridized carbons (Fsp3) is 0.524. The molecule has 1 aromatic heterocycles. The largest absolute Gasteiger partial charge is 0.371 e. The SMILES string of the molecule is CCNC(=NCC1CCN(c2cc(Cl)ccc2C)C1)NCCc1csc(C)n1.I. The number of nitrogens with one attached hydrogen (secondary N) is 2. The molecule has 0 saturated carbocycles. The molecule has 2 heterocycles. The summed E-state index contributed by atoms with van der Waals surface area (Å²) in [6.45, 7) is 10.9. The third kappa shape index (κ3) is 7.29. The van der Waals surface area contributed by atoms with Crippen LogP contribution in [0, 0.1) is 19.8 Å². The van der Waals surface area contributed by atoms with E-state index >= 15 is 0 Å². The summed E-state index contributed by atoms with van der Waals surface area (Å²) in [7, 11) is 0. The number of thiazole rings is 1. The van der Waals surface area contributed by atoms with Gasteiger partial charge in [-0.15, -0.1) is 35.3 Å². The van der Waals surface area contributed by atoms with Crippen molar-refractivity contribution in [2.24, 2.45) is 10.9 Å². The fourth-order valence-corrected chi connectivity index (χ4v) is 4.33. The molecule has 1 atom stereocenters. The van der Waals surface area contributed by atoms with Gasteiger partial charge in [-0.3, -0.25) is 4.99 Å². The third-order valence-corrected chi connectivity index (χ3v) is 6.05. The number of halogens is 2. The van der Waals surface area contributed by atoms with Crippen LogP contribution < -0.4 is 15.5 Å². The van der Waals surface area contributed by atoms with Crippen LogP contribution in [0.4, 0.5) is 5.69 Å². The highest BCUT2D eigenvalue weighted by Crippen LogP contribution is 2.29. The van der Waals surface area contributed by atoms with E-state index in [1.165, 1.54) is 11.3 Å². The first-order valence-electron chi connectivity index (χ1n) is 9.99. The van der Waals surface area contributed by atoms with Gasteiger partial charge in [0.25, 0.3) is 0 Å². The van der Waals surface area contributed by atoms with Gasteiger partial charge in [0.15, 0.2) is 5.96 Å². The van der Waals surface area contributed by atoms with Gasteiger partial charge >= 0.3 is 0 Å². The summed E-state index contributed by atoms with van der Waals surface area (Å²) in [4.78, 5) is 11.8. The molecule has 29 heavy (non-hydrogen) atoms. The Bertz CT molecular complexity index is 810. The Hall–Kier alpha value is -1.06. The van der Waals surface area contributed by atoms with Crippen molar-refractivity contribution in [3.63, 3.8) is 0 Å². The van der Waals surface area contributed by atoms with E-state index in [1.54, 1.807) is 11.3 Å². The van der Waals surface area contributed by atoms with Crippen LogP contribution in [0.1, 0.15) is 29.6 Å². The predicted octanol–water partition coefficient (Wildman–Crippen LogP) is 4.66. The molecule has 0 spiro atoms. The van der Waals surface area contributed by atoms with E-state index in [0.717, 1.165) is 67.2 Å². The minimum Gasteiger partial charge on any atom is -0.371 e. The predicted molar refractivity (Wildman–Crippen MR) is 136 cm³/mol. The second kappa shape index (κ2) is 12.0. The lowest BCUT2D eigenvalue weighted by Crippen LogP contribution is -2.38. The molecule has 0 amide bonds. The molecule has 2 aromatic rings. The zero-order chi connectivity index (χ0) is 19.9. The highest BCUT2D eigenvalue weighted by Gasteiger charge is 2.23. The van der Waals surface area contributed by atoms with Crippen LogP contribution in [-0.4, -0.2) is 43.7 Å². The van der Waals surface area contributed by atoms with E-state index in [-0.39, 0.29) is 24.0 Å². The van der Waals surface area contributed by atoms with Crippen LogP contribution >= 0.6 is 46.9 Å². The molecule has 0 bridgehead atoms. The van der Waals surface area contributed by atoms with Gasteiger partial charge in [-0.1, -0.05) is 17.7 Å². The summed E-state index contributed by atoms with van der Waals surface area (Å²) in [5, 5.41) is 10.8. The van der Waals surface area contributed by atoms with Crippen LogP contribution in [-0.2, 0) is 6.42 Å². The Labute approximate surface area is 200 Å². The molecule has 1 aromatic carbocycles. The Morgan fingerprint density at radius 1 is 1.34 bits per heavy atom. The van der Waals surface area contributed by atoms with E-state index in [0.29, 0.717) is 5.92 Å². The molecule has 0 radical (unpaired) electrons. The molecule has 160 valence electrons. The Morgan fingerprint density at radius 2 is 2.17 bits per heavy atom. The average molecular weight is 548 g/mol. The number of rotatable bonds is 7. The number of aryl methyl sites for hydroxylation is 2. The summed E-state index contributed by atoms with van der Waals surface area (Å²) < 4.78 is 0. The molecule has 8 heteroatoms. The number of aromatic nitrogens is 1. The molecular formula is C21H31ClIN5S. The molecule has 1 unspecified atom stereocenters. The van der Waals surface area contributed by atoms with Gasteiger partial charge in [0, 0.05) is 55.2 Å². The van der Waals surface area contributed by atoms with Crippen molar-refractivity contribution in [3.05, 3.63) is 44.9 Å². The smallest absolute Gasteiger partial charge is 0.191 e. The van der Waals surface area contributed by atoms with Crippen LogP contribution in [0.3, 0.4) is 0 Å². The summed E-state index contributed by atoms with van der Waals surface area (Å²) >= 11 is 7.90. The van der Waals surface area contributed by atoms with Crippen LogP contribution in [0.2, 0.25) is 5.02 Å². The van der Waals surface area contributed by atoms with Gasteiger partial charge in [0.05, 0.1) is 10.7 Å². The number of benzene rings is 1. The number of guanidine groups is 1. The lowest BCUT2D eigenvalue weighted by atomic mass is 10.1. The van der Waals surface area contributed by atoms with Crippen LogP contribution in [0.5, 0.6) is 0 Å². The molecule has 2 N–H and O–H groups in total. The number of hydrogen-bond donors (Lipinski definition) is 2. The van der Waals surface area contributed by atoms with Gasteiger partial charge in [-0.2, -0.15) is 0 Å². The lowest BCUT2D eigenvalue weighted by molar-refractivity contribution is 0.599. The van der Waals surface area contributed by atoms with E-state index < -0.39 is 0 Å². The maximum absolute atomic E-state index is 6.19. The van der Waals surface area contributed by atoms with Crippen LogP contribution in [0.15, 0.2) is 28.6 Å². The average Bonchev–Trinajstić information content (AvgIpc) is 3.31. The van der Waals surface area contributed by atoms with Gasteiger partial charge in [0.1, 0.15) is 0 Å². The Kier molecular flexibility index (Phi) is 9.98. The van der Waals surface area contributed by atoms with Crippen molar-refractivity contribution in [2.75, 3.05) is 37.6 Å². The Balaban J connectivity index is 0.00000300. The van der Waals surface area contributed by atoms with Crippen molar-refractivity contribution in [3.8, 4) is 0 Å². The third-order valence-electron chi connectivity index (χ3n) is 4.99. The highest BCUT2D eigenvalue weighted by atomic mass is 127. The minimum absolute atomic E-state index is 0. The van der Waals surface area contributed by atoms with Gasteiger partial charge < -0.3 is 15.5 Å². The van der Waals surface area contributed by atoms with E-state index in [9.17, 15) is 0 Å². The molecule has 3 rings (SSSR count). The van der Waals surface area contributed by atoms with Crippen molar-refractivity contribution in [1.29, 1.82) is 0 Å². The fourth-order valence-electron chi connectivity index (χ4n) is 3.52. The topological polar surface area (TPSA) is 52.6 Å². The molecule has 5 nitrogen and oxygen atoms in total. The van der Waals surface area contributed by atoms with Crippen molar-refractivity contribution in [2.45, 2.75) is 33.6 Å². The maximum atomic E-state index is 6.19. The van der Waals surface area contributed by atoms with Gasteiger partial charge in [-0.25, -0.2) is 4.98 Å². The van der Waals surface area contributed by atoms with Crippen molar-refractivity contribution >= 4 is 58.6 Å². The molecule has 1 aliphatic heterocycles. The van der Waals surface area contributed by atoms with E-state index in [4.69, 9.17) is 16.6 Å². The molecule has 1 saturated heterocycles. The first-order chi connectivity index (χ1) is 13.5. The summed E-state index contributed by atoms with van der Waals surface area (Å²) in [5.41, 5.74) is 3.68. The van der Waals surface area contributed by atoms with Crippen molar-refractivity contribution in [1.82, 2.24) is 15.6 Å².